The molecule has 1 fully saturated rings. The fourth-order valence-corrected chi connectivity index (χ4v) is 3.66. The molecule has 1 amide bonds. The molecule has 1 atom stereocenters. The molecule has 0 bridgehead atoms. The molecule has 0 aliphatic carbocycles. The lowest BCUT2D eigenvalue weighted by molar-refractivity contribution is -0.122. The summed E-state index contributed by atoms with van der Waals surface area (Å²) in [7, 11) is -3.74. The second kappa shape index (κ2) is 8.80. The number of amides is 1. The van der Waals surface area contributed by atoms with Gasteiger partial charge in [-0.3, -0.25) is 9.79 Å². The van der Waals surface area contributed by atoms with Gasteiger partial charge in [0.1, 0.15) is 10.7 Å². The zero-order chi connectivity index (χ0) is 18.3. The number of aliphatic imine (C=N–C) groups is 1. The maximum atomic E-state index is 13.7. The van der Waals surface area contributed by atoms with E-state index < -0.39 is 15.7 Å². The molecule has 1 aromatic rings. The zero-order valence-electron chi connectivity index (χ0n) is 14.1. The van der Waals surface area contributed by atoms with E-state index in [1.807, 2.05) is 6.92 Å². The second-order valence-electron chi connectivity index (χ2n) is 5.69. The summed E-state index contributed by atoms with van der Waals surface area (Å²) in [6.45, 7) is 3.02. The van der Waals surface area contributed by atoms with E-state index in [1.165, 1.54) is 18.2 Å². The van der Waals surface area contributed by atoms with E-state index >= 15 is 0 Å². The van der Waals surface area contributed by atoms with E-state index in [9.17, 15) is 17.6 Å². The maximum Gasteiger partial charge on any atom is 0.220 e. The van der Waals surface area contributed by atoms with E-state index in [-0.39, 0.29) is 29.1 Å². The van der Waals surface area contributed by atoms with Gasteiger partial charge in [-0.05, 0) is 25.5 Å². The number of carbonyl (C=O) groups is 1. The predicted molar refractivity (Wildman–Crippen MR) is 93.6 cm³/mol. The summed E-state index contributed by atoms with van der Waals surface area (Å²) in [5.41, 5.74) is 0. The first-order valence-corrected chi connectivity index (χ1v) is 9.86. The molecule has 0 saturated carbocycles. The normalized spacial score (nSPS) is 18.6. The number of rotatable bonds is 6. The Morgan fingerprint density at radius 1 is 1.40 bits per heavy atom. The van der Waals surface area contributed by atoms with E-state index in [1.54, 1.807) is 0 Å². The highest BCUT2D eigenvalue weighted by Gasteiger charge is 2.20. The van der Waals surface area contributed by atoms with Crippen LogP contribution in [0.1, 0.15) is 19.8 Å². The summed E-state index contributed by atoms with van der Waals surface area (Å²) in [5, 5.41) is 8.97. The number of hydrogen-bond donors (Lipinski definition) is 3. The molecule has 1 aliphatic rings. The van der Waals surface area contributed by atoms with Crippen LogP contribution in [0.2, 0.25) is 0 Å². The van der Waals surface area contributed by atoms with Gasteiger partial charge in [-0.15, -0.1) is 0 Å². The van der Waals surface area contributed by atoms with E-state index in [2.05, 4.69) is 20.9 Å². The van der Waals surface area contributed by atoms with Crippen LogP contribution in [0.3, 0.4) is 0 Å². The van der Waals surface area contributed by atoms with E-state index in [0.717, 1.165) is 6.07 Å². The number of nitrogens with zero attached hydrogens (tertiary/aromatic N) is 1. The zero-order valence-corrected chi connectivity index (χ0v) is 14.9. The van der Waals surface area contributed by atoms with Crippen LogP contribution < -0.4 is 16.0 Å². The Kier molecular flexibility index (Phi) is 6.74. The molecular weight excluding hydrogens is 347 g/mol. The Morgan fingerprint density at radius 2 is 2.16 bits per heavy atom. The van der Waals surface area contributed by atoms with Gasteiger partial charge in [0.25, 0.3) is 0 Å². The van der Waals surface area contributed by atoms with Gasteiger partial charge in [-0.25, -0.2) is 12.8 Å². The molecule has 25 heavy (non-hydrogen) atoms. The van der Waals surface area contributed by atoms with Crippen molar-refractivity contribution < 1.29 is 17.6 Å². The fraction of sp³-hybridized carbons (Fsp3) is 0.500. The van der Waals surface area contributed by atoms with Crippen molar-refractivity contribution >= 4 is 21.7 Å². The first kappa shape index (κ1) is 19.2. The van der Waals surface area contributed by atoms with Crippen LogP contribution in [0.5, 0.6) is 0 Å². The Morgan fingerprint density at radius 3 is 2.80 bits per heavy atom. The number of piperidine rings is 1. The summed E-state index contributed by atoms with van der Waals surface area (Å²) >= 11 is 0. The fourth-order valence-electron chi connectivity index (χ4n) is 2.45. The Balaban J connectivity index is 1.96. The number of guanidine groups is 1. The molecule has 9 heteroatoms. The minimum atomic E-state index is -3.74. The summed E-state index contributed by atoms with van der Waals surface area (Å²) in [6.07, 6.45) is 1.13. The molecule has 1 aliphatic heterocycles. The topological polar surface area (TPSA) is 99.7 Å². The number of sulfone groups is 1. The molecule has 1 unspecified atom stereocenters. The minimum Gasteiger partial charge on any atom is -0.357 e. The number of nitrogens with one attached hydrogen (secondary N) is 3. The van der Waals surface area contributed by atoms with Crippen LogP contribution in [-0.4, -0.2) is 51.7 Å². The molecule has 7 nitrogen and oxygen atoms in total. The predicted octanol–water partition coefficient (Wildman–Crippen LogP) is 0.433. The van der Waals surface area contributed by atoms with Crippen LogP contribution in [0, 0.1) is 5.82 Å². The van der Waals surface area contributed by atoms with Crippen molar-refractivity contribution in [3.05, 3.63) is 30.1 Å². The number of benzene rings is 1. The minimum absolute atomic E-state index is 0.00504. The smallest absolute Gasteiger partial charge is 0.220 e. The van der Waals surface area contributed by atoms with Gasteiger partial charge in [0.15, 0.2) is 15.8 Å². The average Bonchev–Trinajstić information content (AvgIpc) is 2.57. The quantitative estimate of drug-likeness (QED) is 0.498. The highest BCUT2D eigenvalue weighted by atomic mass is 32.2. The van der Waals surface area contributed by atoms with Crippen molar-refractivity contribution in [3.8, 4) is 0 Å². The lowest BCUT2D eigenvalue weighted by Gasteiger charge is -2.25. The number of halogens is 1. The number of carbonyl (C=O) groups excluding carboxylic acids is 1. The van der Waals surface area contributed by atoms with Crippen molar-refractivity contribution in [2.24, 2.45) is 4.99 Å². The molecule has 0 aromatic heterocycles. The maximum absolute atomic E-state index is 13.7. The van der Waals surface area contributed by atoms with E-state index in [4.69, 9.17) is 0 Å². The Bertz CT molecular complexity index is 727. The van der Waals surface area contributed by atoms with Crippen molar-refractivity contribution in [2.45, 2.75) is 30.7 Å². The molecule has 1 heterocycles. The lowest BCUT2D eigenvalue weighted by Crippen LogP contribution is -2.51. The first-order valence-electron chi connectivity index (χ1n) is 8.21. The second-order valence-corrected chi connectivity index (χ2v) is 7.77. The van der Waals surface area contributed by atoms with Crippen LogP contribution in [0.25, 0.3) is 0 Å². The monoisotopic (exact) mass is 370 g/mol. The van der Waals surface area contributed by atoms with Crippen molar-refractivity contribution in [1.82, 2.24) is 16.0 Å². The van der Waals surface area contributed by atoms with Crippen LogP contribution in [-0.2, 0) is 14.6 Å². The molecule has 138 valence electrons. The standard InChI is InChI=1S/C16H23FN4O3S/c1-2-18-16(21-12-7-8-15(22)20-11-12)19-9-10-25(23,24)14-6-4-3-5-13(14)17/h3-6,12H,2,7-11H2,1H3,(H,20,22)(H2,18,19,21). The molecular formula is C16H23FN4O3S. The summed E-state index contributed by atoms with van der Waals surface area (Å²) in [6, 6.07) is 5.35. The largest absolute Gasteiger partial charge is 0.357 e. The molecule has 1 aromatic carbocycles. The van der Waals surface area contributed by atoms with Crippen LogP contribution in [0.4, 0.5) is 4.39 Å². The number of hydrogen-bond acceptors (Lipinski definition) is 4. The summed E-state index contributed by atoms with van der Waals surface area (Å²) in [5.74, 6) is -0.538. The van der Waals surface area contributed by atoms with E-state index in [0.29, 0.717) is 31.9 Å². The Labute approximate surface area is 147 Å². The molecule has 2 rings (SSSR count). The molecule has 0 radical (unpaired) electrons. The van der Waals surface area contributed by atoms with Crippen molar-refractivity contribution in [3.63, 3.8) is 0 Å². The van der Waals surface area contributed by atoms with Gasteiger partial charge in [-0.2, -0.15) is 0 Å². The van der Waals surface area contributed by atoms with Gasteiger partial charge in [0.2, 0.25) is 5.91 Å². The van der Waals surface area contributed by atoms with Crippen molar-refractivity contribution in [2.75, 3.05) is 25.4 Å². The van der Waals surface area contributed by atoms with Gasteiger partial charge in [0, 0.05) is 25.6 Å². The van der Waals surface area contributed by atoms with Gasteiger partial charge < -0.3 is 16.0 Å². The highest BCUT2D eigenvalue weighted by molar-refractivity contribution is 7.91. The van der Waals surface area contributed by atoms with Crippen molar-refractivity contribution in [1.29, 1.82) is 0 Å². The third kappa shape index (κ3) is 5.70. The summed E-state index contributed by atoms with van der Waals surface area (Å²) < 4.78 is 38.1. The first-order chi connectivity index (χ1) is 11.9. The summed E-state index contributed by atoms with van der Waals surface area (Å²) in [4.78, 5) is 15.1. The third-order valence-electron chi connectivity index (χ3n) is 3.75. The molecule has 3 N–H and O–H groups in total. The highest BCUT2D eigenvalue weighted by Crippen LogP contribution is 2.15. The van der Waals surface area contributed by atoms with Gasteiger partial charge in [0.05, 0.1) is 12.3 Å². The van der Waals surface area contributed by atoms with Gasteiger partial charge in [-0.1, -0.05) is 12.1 Å². The van der Waals surface area contributed by atoms with Crippen LogP contribution >= 0.6 is 0 Å². The molecule has 1 saturated heterocycles. The van der Waals surface area contributed by atoms with Crippen LogP contribution in [0.15, 0.2) is 34.2 Å². The SMILES string of the molecule is CCNC(=NCCS(=O)(=O)c1ccccc1F)NC1CCC(=O)NC1. The van der Waals surface area contributed by atoms with Gasteiger partial charge >= 0.3 is 0 Å². The average molecular weight is 370 g/mol. The third-order valence-corrected chi connectivity index (χ3v) is 5.47. The molecule has 0 spiro atoms. The Hall–Kier alpha value is -2.16. The lowest BCUT2D eigenvalue weighted by atomic mass is 10.1.